The Morgan fingerprint density at radius 2 is 2.04 bits per heavy atom. The van der Waals surface area contributed by atoms with Crippen molar-refractivity contribution in [2.24, 2.45) is 13.0 Å². The van der Waals surface area contributed by atoms with Crippen LogP contribution in [0.1, 0.15) is 30.0 Å². The van der Waals surface area contributed by atoms with Gasteiger partial charge in [-0.05, 0) is 25.1 Å². The molecule has 1 unspecified atom stereocenters. The number of hydrogen-bond donors (Lipinski definition) is 0. The Labute approximate surface area is 158 Å². The van der Waals surface area contributed by atoms with Crippen molar-refractivity contribution in [3.05, 3.63) is 52.1 Å². The normalized spacial score (nSPS) is 18.1. The van der Waals surface area contributed by atoms with Crippen LogP contribution in [0.3, 0.4) is 0 Å². The summed E-state index contributed by atoms with van der Waals surface area (Å²) in [6, 6.07) is 4.92. The van der Waals surface area contributed by atoms with E-state index in [1.807, 2.05) is 0 Å². The fourth-order valence-electron chi connectivity index (χ4n) is 3.59. The number of carbonyl (C=O) groups excluding carboxylic acids is 1. The van der Waals surface area contributed by atoms with Crippen LogP contribution >= 0.6 is 0 Å². The molecule has 1 atom stereocenters. The molecule has 1 saturated heterocycles. The number of likely N-dealkylation sites (N-methyl/N-ethyl adjacent to an activating group) is 1. The number of nitro groups is 1. The lowest BCUT2D eigenvalue weighted by Gasteiger charge is -2.43. The predicted molar refractivity (Wildman–Crippen MR) is 103 cm³/mol. The number of nitrogens with zero attached hydrogens (tertiary/aromatic N) is 5. The first-order chi connectivity index (χ1) is 12.8. The Morgan fingerprint density at radius 3 is 2.63 bits per heavy atom. The van der Waals surface area contributed by atoms with Crippen LogP contribution in [0.5, 0.6) is 0 Å². The highest BCUT2D eigenvalue weighted by atomic mass is 16.6. The van der Waals surface area contributed by atoms with Gasteiger partial charge in [0.15, 0.2) is 5.82 Å². The Balaban J connectivity index is 2.00. The first-order valence-electron chi connectivity index (χ1n) is 9.05. The van der Waals surface area contributed by atoms with E-state index in [1.54, 1.807) is 29.9 Å². The van der Waals surface area contributed by atoms with Crippen LogP contribution in [-0.4, -0.2) is 57.9 Å². The number of anilines is 1. The molecule has 0 spiro atoms. The van der Waals surface area contributed by atoms with Crippen molar-refractivity contribution in [3.63, 3.8) is 0 Å². The zero-order valence-corrected chi connectivity index (χ0v) is 16.1. The average molecular weight is 371 g/mol. The summed E-state index contributed by atoms with van der Waals surface area (Å²) in [7, 11) is 3.79. The van der Waals surface area contributed by atoms with Gasteiger partial charge >= 0.3 is 0 Å². The van der Waals surface area contributed by atoms with Gasteiger partial charge in [0, 0.05) is 56.7 Å². The van der Waals surface area contributed by atoms with Crippen molar-refractivity contribution in [3.8, 4) is 0 Å². The average Bonchev–Trinajstić information content (AvgIpc) is 3.06. The molecule has 8 heteroatoms. The van der Waals surface area contributed by atoms with Gasteiger partial charge in [-0.15, -0.1) is 0 Å². The van der Waals surface area contributed by atoms with Gasteiger partial charge in [0.25, 0.3) is 5.69 Å². The number of imidazole rings is 1. The minimum absolute atomic E-state index is 0.0368. The fourth-order valence-corrected chi connectivity index (χ4v) is 3.59. The summed E-state index contributed by atoms with van der Waals surface area (Å²) < 4.78 is 1.61. The molecule has 0 saturated carbocycles. The van der Waals surface area contributed by atoms with Crippen LogP contribution < -0.4 is 4.90 Å². The molecule has 144 valence electrons. The van der Waals surface area contributed by atoms with Crippen molar-refractivity contribution < 1.29 is 9.72 Å². The summed E-state index contributed by atoms with van der Waals surface area (Å²) in [5.41, 5.74) is 0.809. The van der Waals surface area contributed by atoms with Gasteiger partial charge in [-0.2, -0.15) is 0 Å². The van der Waals surface area contributed by atoms with Gasteiger partial charge in [-0.25, -0.2) is 4.98 Å². The second kappa shape index (κ2) is 7.48. The number of piperazine rings is 1. The second-order valence-electron chi connectivity index (χ2n) is 7.42. The third-order valence-corrected chi connectivity index (χ3v) is 5.16. The van der Waals surface area contributed by atoms with Gasteiger partial charge in [-0.3, -0.25) is 14.9 Å². The van der Waals surface area contributed by atoms with Crippen LogP contribution in [0.25, 0.3) is 0 Å². The van der Waals surface area contributed by atoms with Crippen LogP contribution in [0.15, 0.2) is 30.6 Å². The summed E-state index contributed by atoms with van der Waals surface area (Å²) in [4.78, 5) is 32.4. The number of aryl methyl sites for hydroxylation is 1. The van der Waals surface area contributed by atoms with Gasteiger partial charge in [0.1, 0.15) is 5.69 Å². The summed E-state index contributed by atoms with van der Waals surface area (Å²) in [5.74, 6) is 0.286. The molecule has 0 N–H and O–H groups in total. The molecular weight excluding hydrogens is 346 g/mol. The number of nitro benzene ring substituents is 1. The van der Waals surface area contributed by atoms with Crippen LogP contribution in [0.2, 0.25) is 0 Å². The van der Waals surface area contributed by atoms with E-state index < -0.39 is 4.92 Å². The molecule has 27 heavy (non-hydrogen) atoms. The Hall–Kier alpha value is -2.74. The van der Waals surface area contributed by atoms with E-state index in [0.29, 0.717) is 18.2 Å². The Bertz CT molecular complexity index is 861. The molecule has 2 heterocycles. The SMILES string of the molecule is CC(C)C1CN(C)CCN1c1ccc(C(=O)c2nccn2C)cc1[N+](=O)[O-]. The van der Waals surface area contributed by atoms with E-state index in [9.17, 15) is 14.9 Å². The first-order valence-corrected chi connectivity index (χ1v) is 9.05. The zero-order chi connectivity index (χ0) is 19.7. The predicted octanol–water partition coefficient (Wildman–Crippen LogP) is 2.34. The molecule has 0 bridgehead atoms. The zero-order valence-electron chi connectivity index (χ0n) is 16.1. The van der Waals surface area contributed by atoms with E-state index in [4.69, 9.17) is 0 Å². The van der Waals surface area contributed by atoms with Crippen LogP contribution in [0, 0.1) is 16.0 Å². The van der Waals surface area contributed by atoms with E-state index in [2.05, 4.69) is 35.7 Å². The molecule has 1 aromatic heterocycles. The molecule has 0 aliphatic carbocycles. The second-order valence-corrected chi connectivity index (χ2v) is 7.42. The maximum Gasteiger partial charge on any atom is 0.293 e. The quantitative estimate of drug-likeness (QED) is 0.456. The van der Waals surface area contributed by atoms with Crippen molar-refractivity contribution >= 4 is 17.2 Å². The minimum atomic E-state index is -0.403. The summed E-state index contributed by atoms with van der Waals surface area (Å²) in [6.45, 7) is 6.66. The van der Waals surface area contributed by atoms with E-state index in [1.165, 1.54) is 12.3 Å². The van der Waals surface area contributed by atoms with E-state index in [-0.39, 0.29) is 28.9 Å². The Kier molecular flexibility index (Phi) is 5.27. The highest BCUT2D eigenvalue weighted by molar-refractivity contribution is 6.07. The standard InChI is InChI=1S/C19H25N5O3/c1-13(2)17-12-21(3)9-10-23(17)15-6-5-14(11-16(15)24(26)27)18(25)19-20-7-8-22(19)4/h5-8,11,13,17H,9-10,12H2,1-4H3. The number of hydrogen-bond acceptors (Lipinski definition) is 6. The number of rotatable bonds is 5. The van der Waals surface area contributed by atoms with Crippen molar-refractivity contribution in [2.75, 3.05) is 31.6 Å². The number of ketones is 1. The van der Waals surface area contributed by atoms with Crippen molar-refractivity contribution in [1.82, 2.24) is 14.5 Å². The van der Waals surface area contributed by atoms with Crippen molar-refractivity contribution in [2.45, 2.75) is 19.9 Å². The van der Waals surface area contributed by atoms with Gasteiger partial charge in [-0.1, -0.05) is 13.8 Å². The molecule has 1 aromatic carbocycles. The maximum atomic E-state index is 12.7. The molecule has 3 rings (SSSR count). The van der Waals surface area contributed by atoms with Crippen molar-refractivity contribution in [1.29, 1.82) is 0 Å². The van der Waals surface area contributed by atoms with Gasteiger partial charge < -0.3 is 14.4 Å². The topological polar surface area (TPSA) is 84.5 Å². The maximum absolute atomic E-state index is 12.7. The third kappa shape index (κ3) is 3.71. The summed E-state index contributed by atoms with van der Waals surface area (Å²) in [6.07, 6.45) is 3.21. The highest BCUT2D eigenvalue weighted by Gasteiger charge is 2.32. The largest absolute Gasteiger partial charge is 0.360 e. The smallest absolute Gasteiger partial charge is 0.293 e. The molecule has 1 aliphatic heterocycles. The van der Waals surface area contributed by atoms with Gasteiger partial charge in [0.05, 0.1) is 4.92 Å². The summed E-state index contributed by atoms with van der Waals surface area (Å²) >= 11 is 0. The third-order valence-electron chi connectivity index (χ3n) is 5.16. The van der Waals surface area contributed by atoms with Gasteiger partial charge in [0.2, 0.25) is 5.78 Å². The lowest BCUT2D eigenvalue weighted by atomic mass is 9.98. The number of aromatic nitrogens is 2. The van der Waals surface area contributed by atoms with E-state index >= 15 is 0 Å². The minimum Gasteiger partial charge on any atom is -0.360 e. The Morgan fingerprint density at radius 1 is 1.30 bits per heavy atom. The molecule has 8 nitrogen and oxygen atoms in total. The molecule has 1 fully saturated rings. The lowest BCUT2D eigenvalue weighted by Crippen LogP contribution is -2.54. The highest BCUT2D eigenvalue weighted by Crippen LogP contribution is 2.34. The number of benzene rings is 1. The molecule has 2 aromatic rings. The lowest BCUT2D eigenvalue weighted by molar-refractivity contribution is -0.384. The van der Waals surface area contributed by atoms with Crippen LogP contribution in [0.4, 0.5) is 11.4 Å². The molecule has 0 radical (unpaired) electrons. The molecular formula is C19H25N5O3. The summed E-state index contributed by atoms with van der Waals surface area (Å²) in [5, 5.41) is 11.8. The van der Waals surface area contributed by atoms with E-state index in [0.717, 1.165) is 13.1 Å². The number of carbonyl (C=O) groups is 1. The monoisotopic (exact) mass is 371 g/mol. The fraction of sp³-hybridized carbons (Fsp3) is 0.474. The van der Waals surface area contributed by atoms with Crippen LogP contribution in [-0.2, 0) is 7.05 Å². The first kappa shape index (κ1) is 19.0. The molecule has 0 amide bonds. The molecule has 1 aliphatic rings.